The van der Waals surface area contributed by atoms with Crippen molar-refractivity contribution in [2.45, 2.75) is 6.92 Å². The van der Waals surface area contributed by atoms with Gasteiger partial charge in [0, 0.05) is 30.6 Å². The number of hydrogen-bond acceptors (Lipinski definition) is 3. The minimum Gasteiger partial charge on any atom is -0.478 e. The van der Waals surface area contributed by atoms with Crippen LogP contribution >= 0.6 is 0 Å². The number of carboxylic acids is 1. The van der Waals surface area contributed by atoms with Crippen LogP contribution < -0.4 is 0 Å². The molecule has 4 heteroatoms. The Morgan fingerprint density at radius 2 is 2.15 bits per heavy atom. The molecule has 0 aromatic heterocycles. The molecule has 0 amide bonds. The zero-order valence-corrected chi connectivity index (χ0v) is 7.79. The van der Waals surface area contributed by atoms with Crippen LogP contribution in [0, 0.1) is 5.41 Å². The number of aliphatic hydroxyl groups excluding tert-OH is 1. The Labute approximate surface area is 77.5 Å². The van der Waals surface area contributed by atoms with E-state index in [1.165, 1.54) is 0 Å². The summed E-state index contributed by atoms with van der Waals surface area (Å²) in [5, 5.41) is 17.5. The van der Waals surface area contributed by atoms with Crippen LogP contribution in [0.5, 0.6) is 0 Å². The van der Waals surface area contributed by atoms with Crippen LogP contribution in [0.4, 0.5) is 0 Å². The number of aliphatic carboxylic acids is 1. The van der Waals surface area contributed by atoms with Gasteiger partial charge in [-0.2, -0.15) is 0 Å². The normalized spacial score (nSPS) is 20.8. The van der Waals surface area contributed by atoms with Gasteiger partial charge in [-0.3, -0.25) is 4.90 Å². The predicted octanol–water partition coefficient (Wildman–Crippen LogP) is -0.0586. The van der Waals surface area contributed by atoms with E-state index in [9.17, 15) is 4.79 Å². The van der Waals surface area contributed by atoms with Crippen molar-refractivity contribution in [3.8, 4) is 0 Å². The van der Waals surface area contributed by atoms with Crippen molar-refractivity contribution in [1.82, 2.24) is 4.90 Å². The molecular weight excluding hydrogens is 170 g/mol. The van der Waals surface area contributed by atoms with Gasteiger partial charge in [0.15, 0.2) is 0 Å². The SMILES string of the molecule is C=C(CN1CC(C)(CO)C1)C(=O)O. The molecule has 0 radical (unpaired) electrons. The second-order valence-corrected chi connectivity index (χ2v) is 4.02. The van der Waals surface area contributed by atoms with Gasteiger partial charge in [-0.05, 0) is 0 Å². The first-order chi connectivity index (χ1) is 5.97. The van der Waals surface area contributed by atoms with Crippen LogP contribution in [0.2, 0.25) is 0 Å². The van der Waals surface area contributed by atoms with Crippen LogP contribution in [0.3, 0.4) is 0 Å². The van der Waals surface area contributed by atoms with E-state index in [0.717, 1.165) is 13.1 Å². The third-order valence-corrected chi connectivity index (χ3v) is 2.31. The lowest BCUT2D eigenvalue weighted by Crippen LogP contribution is -2.57. The predicted molar refractivity (Wildman–Crippen MR) is 48.4 cm³/mol. The van der Waals surface area contributed by atoms with Crippen LogP contribution in [0.25, 0.3) is 0 Å². The highest BCUT2D eigenvalue weighted by atomic mass is 16.4. The molecule has 0 atom stereocenters. The van der Waals surface area contributed by atoms with Gasteiger partial charge in [0.2, 0.25) is 0 Å². The molecule has 0 bridgehead atoms. The van der Waals surface area contributed by atoms with Crippen LogP contribution in [0.1, 0.15) is 6.92 Å². The summed E-state index contributed by atoms with van der Waals surface area (Å²) in [6, 6.07) is 0. The molecule has 1 saturated heterocycles. The number of likely N-dealkylation sites (tertiary alicyclic amines) is 1. The van der Waals surface area contributed by atoms with Gasteiger partial charge in [0.05, 0.1) is 6.61 Å². The monoisotopic (exact) mass is 185 g/mol. The average Bonchev–Trinajstić information content (AvgIpc) is 2.01. The summed E-state index contributed by atoms with van der Waals surface area (Å²) in [5.41, 5.74) is 0.165. The number of nitrogens with zero attached hydrogens (tertiary/aromatic N) is 1. The second-order valence-electron chi connectivity index (χ2n) is 4.02. The first-order valence-electron chi connectivity index (χ1n) is 4.21. The van der Waals surface area contributed by atoms with Gasteiger partial charge in [0.1, 0.15) is 0 Å². The Kier molecular flexibility index (Phi) is 2.73. The molecule has 2 N–H and O–H groups in total. The summed E-state index contributed by atoms with van der Waals surface area (Å²) in [6.07, 6.45) is 0. The zero-order chi connectivity index (χ0) is 10.1. The summed E-state index contributed by atoms with van der Waals surface area (Å²) in [5.74, 6) is -0.947. The molecule has 1 aliphatic rings. The smallest absolute Gasteiger partial charge is 0.332 e. The van der Waals surface area contributed by atoms with E-state index >= 15 is 0 Å². The van der Waals surface area contributed by atoms with Crippen molar-refractivity contribution < 1.29 is 15.0 Å². The van der Waals surface area contributed by atoms with Crippen LogP contribution in [0.15, 0.2) is 12.2 Å². The number of rotatable bonds is 4. The molecule has 74 valence electrons. The van der Waals surface area contributed by atoms with Crippen molar-refractivity contribution in [3.63, 3.8) is 0 Å². The summed E-state index contributed by atoms with van der Waals surface area (Å²) in [6.45, 7) is 7.47. The number of carboxylic acid groups (broad SMARTS) is 1. The third-order valence-electron chi connectivity index (χ3n) is 2.31. The molecule has 1 heterocycles. The summed E-state index contributed by atoms with van der Waals surface area (Å²) >= 11 is 0. The molecule has 1 fully saturated rings. The summed E-state index contributed by atoms with van der Waals surface area (Å²) in [4.78, 5) is 12.4. The molecule has 0 aromatic carbocycles. The molecule has 0 unspecified atom stereocenters. The van der Waals surface area contributed by atoms with E-state index < -0.39 is 5.97 Å². The minimum atomic E-state index is -0.947. The maximum atomic E-state index is 10.4. The lowest BCUT2D eigenvalue weighted by Gasteiger charge is -2.47. The van der Waals surface area contributed by atoms with Gasteiger partial charge >= 0.3 is 5.97 Å². The van der Waals surface area contributed by atoms with Crippen molar-refractivity contribution in [2.75, 3.05) is 26.2 Å². The highest BCUT2D eigenvalue weighted by Crippen LogP contribution is 2.29. The highest BCUT2D eigenvalue weighted by Gasteiger charge is 2.38. The van der Waals surface area contributed by atoms with Crippen molar-refractivity contribution >= 4 is 5.97 Å². The maximum Gasteiger partial charge on any atom is 0.332 e. The topological polar surface area (TPSA) is 60.8 Å². The number of carbonyl (C=O) groups is 1. The van der Waals surface area contributed by atoms with E-state index in [-0.39, 0.29) is 17.6 Å². The molecule has 0 aromatic rings. The zero-order valence-electron chi connectivity index (χ0n) is 7.79. The van der Waals surface area contributed by atoms with Crippen molar-refractivity contribution in [2.24, 2.45) is 5.41 Å². The average molecular weight is 185 g/mol. The van der Waals surface area contributed by atoms with Gasteiger partial charge in [0.25, 0.3) is 0 Å². The maximum absolute atomic E-state index is 10.4. The lowest BCUT2D eigenvalue weighted by molar-refractivity contribution is -0.133. The molecule has 4 nitrogen and oxygen atoms in total. The highest BCUT2D eigenvalue weighted by molar-refractivity contribution is 5.86. The standard InChI is InChI=1S/C9H15NO3/c1-7(8(12)13)3-10-4-9(2,5-10)6-11/h11H,1,3-6H2,2H3,(H,12,13). The Bertz CT molecular complexity index is 231. The largest absolute Gasteiger partial charge is 0.478 e. The minimum absolute atomic E-state index is 0.0429. The summed E-state index contributed by atoms with van der Waals surface area (Å²) < 4.78 is 0. The molecule has 0 spiro atoms. The van der Waals surface area contributed by atoms with Gasteiger partial charge < -0.3 is 10.2 Å². The first-order valence-corrected chi connectivity index (χ1v) is 4.21. The lowest BCUT2D eigenvalue weighted by atomic mass is 9.83. The van der Waals surface area contributed by atoms with E-state index in [1.807, 2.05) is 11.8 Å². The fraction of sp³-hybridized carbons (Fsp3) is 0.667. The van der Waals surface area contributed by atoms with E-state index in [2.05, 4.69) is 6.58 Å². The Morgan fingerprint density at radius 3 is 2.54 bits per heavy atom. The van der Waals surface area contributed by atoms with E-state index in [4.69, 9.17) is 10.2 Å². The molecule has 0 aliphatic carbocycles. The van der Waals surface area contributed by atoms with Crippen LogP contribution in [-0.2, 0) is 4.79 Å². The Hall–Kier alpha value is -0.870. The Morgan fingerprint density at radius 1 is 1.62 bits per heavy atom. The van der Waals surface area contributed by atoms with Crippen molar-refractivity contribution in [1.29, 1.82) is 0 Å². The second kappa shape index (κ2) is 3.47. The quantitative estimate of drug-likeness (QED) is 0.602. The van der Waals surface area contributed by atoms with Gasteiger partial charge in [-0.15, -0.1) is 0 Å². The molecular formula is C9H15NO3. The number of hydrogen-bond donors (Lipinski definition) is 2. The molecule has 1 rings (SSSR count). The summed E-state index contributed by atoms with van der Waals surface area (Å²) in [7, 11) is 0. The molecule has 1 aliphatic heterocycles. The fourth-order valence-corrected chi connectivity index (χ4v) is 1.58. The molecule has 0 saturated carbocycles. The fourth-order valence-electron chi connectivity index (χ4n) is 1.58. The number of aliphatic hydroxyl groups is 1. The molecule has 13 heavy (non-hydrogen) atoms. The van der Waals surface area contributed by atoms with Gasteiger partial charge in [-0.25, -0.2) is 4.79 Å². The first kappa shape index (κ1) is 10.2. The van der Waals surface area contributed by atoms with Crippen molar-refractivity contribution in [3.05, 3.63) is 12.2 Å². The third kappa shape index (κ3) is 2.29. The van der Waals surface area contributed by atoms with E-state index in [0.29, 0.717) is 6.54 Å². The van der Waals surface area contributed by atoms with Gasteiger partial charge in [-0.1, -0.05) is 13.5 Å². The van der Waals surface area contributed by atoms with Crippen LogP contribution in [-0.4, -0.2) is 47.3 Å². The Balaban J connectivity index is 2.29. The van der Waals surface area contributed by atoms with E-state index in [1.54, 1.807) is 0 Å².